The fourth-order valence-corrected chi connectivity index (χ4v) is 3.75. The molecule has 1 aromatic heterocycles. The molecule has 0 saturated carbocycles. The van der Waals surface area contributed by atoms with E-state index in [0.717, 1.165) is 16.9 Å². The van der Waals surface area contributed by atoms with E-state index >= 15 is 0 Å². The lowest BCUT2D eigenvalue weighted by molar-refractivity contribution is -0.135. The number of fused-ring (bicyclic) bond motifs is 1. The third kappa shape index (κ3) is 4.67. The van der Waals surface area contributed by atoms with E-state index in [-0.39, 0.29) is 12.3 Å². The Labute approximate surface area is 182 Å². The minimum atomic E-state index is -0.428. The van der Waals surface area contributed by atoms with Gasteiger partial charge in [0.1, 0.15) is 23.9 Å². The van der Waals surface area contributed by atoms with E-state index in [0.29, 0.717) is 22.6 Å². The van der Waals surface area contributed by atoms with Gasteiger partial charge in [-0.15, -0.1) is 0 Å². The van der Waals surface area contributed by atoms with Crippen molar-refractivity contribution >= 4 is 34.5 Å². The highest BCUT2D eigenvalue weighted by Gasteiger charge is 2.15. The van der Waals surface area contributed by atoms with Gasteiger partial charge in [0.05, 0.1) is 16.8 Å². The Morgan fingerprint density at radius 3 is 2.29 bits per heavy atom. The van der Waals surface area contributed by atoms with E-state index in [1.807, 2.05) is 35.1 Å². The molecule has 0 radical (unpaired) electrons. The Balaban J connectivity index is 1.47. The second kappa shape index (κ2) is 9.14. The number of para-hydroxylation sites is 2. The Kier molecular flexibility index (Phi) is 6.13. The van der Waals surface area contributed by atoms with Crippen LogP contribution in [-0.2, 0) is 17.1 Å². The molecule has 4 rings (SSSR count). The number of ether oxygens (including phenoxy) is 1. The molecule has 4 aromatic rings. The van der Waals surface area contributed by atoms with Crippen LogP contribution in [0.4, 0.5) is 4.39 Å². The number of aromatic nitrogens is 2. The second-order valence-corrected chi connectivity index (χ2v) is 7.74. The topological polar surface area (TPSA) is 61.2 Å². The van der Waals surface area contributed by atoms with Crippen molar-refractivity contribution in [2.24, 2.45) is 0 Å². The van der Waals surface area contributed by atoms with Crippen molar-refractivity contribution < 1.29 is 18.7 Å². The number of carbonyl (C=O) groups is 2. The summed E-state index contributed by atoms with van der Waals surface area (Å²) in [4.78, 5) is 29.7. The lowest BCUT2D eigenvalue weighted by Gasteiger charge is -2.09. The zero-order valence-corrected chi connectivity index (χ0v) is 17.6. The van der Waals surface area contributed by atoms with E-state index in [1.54, 1.807) is 36.0 Å². The van der Waals surface area contributed by atoms with E-state index < -0.39 is 11.8 Å². The van der Waals surface area contributed by atoms with Gasteiger partial charge in [-0.2, -0.15) is 11.8 Å². The fourth-order valence-electron chi connectivity index (χ4n) is 3.28. The van der Waals surface area contributed by atoms with Crippen molar-refractivity contribution in [3.63, 3.8) is 0 Å². The first kappa shape index (κ1) is 20.8. The number of nitrogens with zero attached hydrogens (tertiary/aromatic N) is 2. The third-order valence-corrected chi connectivity index (χ3v) is 5.30. The molecule has 0 aliphatic carbocycles. The van der Waals surface area contributed by atoms with Crippen molar-refractivity contribution in [1.82, 2.24) is 9.55 Å². The molecule has 0 aliphatic heterocycles. The van der Waals surface area contributed by atoms with E-state index in [1.165, 1.54) is 24.3 Å². The molecule has 0 unspecified atom stereocenters. The van der Waals surface area contributed by atoms with Gasteiger partial charge in [0.25, 0.3) is 0 Å². The molecule has 0 amide bonds. The largest absolute Gasteiger partial charge is 0.425 e. The second-order valence-electron chi connectivity index (χ2n) is 6.87. The molecule has 0 aliphatic rings. The summed E-state index contributed by atoms with van der Waals surface area (Å²) in [6, 6.07) is 19.3. The molecule has 7 heteroatoms. The summed E-state index contributed by atoms with van der Waals surface area (Å²) in [6.07, 6.45) is 1.98. The standard InChI is InChI=1S/C24H19FN2O3S/c1-31-15-22-26-20-4-2-3-5-21(20)27(22)14-23(28)30-19-12-8-17(9-13-19)24(29)16-6-10-18(25)11-7-16/h2-13H,14-15H2,1H3. The monoisotopic (exact) mass is 434 g/mol. The fraction of sp³-hybridized carbons (Fsp3) is 0.125. The van der Waals surface area contributed by atoms with Crippen molar-refractivity contribution in [1.29, 1.82) is 0 Å². The van der Waals surface area contributed by atoms with Crippen LogP contribution in [0.15, 0.2) is 72.8 Å². The smallest absolute Gasteiger partial charge is 0.331 e. The van der Waals surface area contributed by atoms with E-state index in [4.69, 9.17) is 4.74 Å². The third-order valence-electron chi connectivity index (χ3n) is 4.75. The normalized spacial score (nSPS) is 10.9. The van der Waals surface area contributed by atoms with Crippen LogP contribution in [0, 0.1) is 5.82 Å². The zero-order valence-electron chi connectivity index (χ0n) is 16.7. The highest BCUT2D eigenvalue weighted by Crippen LogP contribution is 2.20. The number of thioether (sulfide) groups is 1. The summed E-state index contributed by atoms with van der Waals surface area (Å²) < 4.78 is 20.4. The minimum absolute atomic E-state index is 0.0344. The Hall–Kier alpha value is -3.45. The number of hydrogen-bond acceptors (Lipinski definition) is 5. The molecule has 0 N–H and O–H groups in total. The zero-order chi connectivity index (χ0) is 21.8. The van der Waals surface area contributed by atoms with Gasteiger partial charge < -0.3 is 9.30 Å². The van der Waals surface area contributed by atoms with Crippen LogP contribution in [0.3, 0.4) is 0 Å². The molecule has 0 spiro atoms. The lowest BCUT2D eigenvalue weighted by atomic mass is 10.0. The molecular formula is C24H19FN2O3S. The summed E-state index contributed by atoms with van der Waals surface area (Å²) in [7, 11) is 0. The average molecular weight is 434 g/mol. The number of halogens is 1. The summed E-state index contributed by atoms with van der Waals surface area (Å²) in [5.74, 6) is 0.780. The van der Waals surface area contributed by atoms with Crippen LogP contribution >= 0.6 is 11.8 Å². The average Bonchev–Trinajstić information content (AvgIpc) is 3.11. The first-order valence-corrected chi connectivity index (χ1v) is 11.0. The Bertz CT molecular complexity index is 1230. The number of carbonyl (C=O) groups excluding carboxylic acids is 2. The number of esters is 1. The van der Waals surface area contributed by atoms with Crippen LogP contribution in [0.25, 0.3) is 11.0 Å². The number of imidazole rings is 1. The van der Waals surface area contributed by atoms with Gasteiger partial charge in [-0.1, -0.05) is 12.1 Å². The number of hydrogen-bond donors (Lipinski definition) is 0. The van der Waals surface area contributed by atoms with Gasteiger partial charge in [0.15, 0.2) is 5.78 Å². The highest BCUT2D eigenvalue weighted by molar-refractivity contribution is 7.97. The maximum Gasteiger partial charge on any atom is 0.331 e. The van der Waals surface area contributed by atoms with Gasteiger partial charge >= 0.3 is 5.97 Å². The predicted molar refractivity (Wildman–Crippen MR) is 119 cm³/mol. The Morgan fingerprint density at radius 2 is 1.61 bits per heavy atom. The van der Waals surface area contributed by atoms with E-state index in [2.05, 4.69) is 4.98 Å². The summed E-state index contributed by atoms with van der Waals surface area (Å²) >= 11 is 1.63. The SMILES string of the molecule is CSCc1nc2ccccc2n1CC(=O)Oc1ccc(C(=O)c2ccc(F)cc2)cc1. The van der Waals surface area contributed by atoms with Crippen molar-refractivity contribution in [2.45, 2.75) is 12.3 Å². The maximum atomic E-state index is 13.1. The highest BCUT2D eigenvalue weighted by atomic mass is 32.2. The molecular weight excluding hydrogens is 415 g/mol. The van der Waals surface area contributed by atoms with Crippen LogP contribution in [0.2, 0.25) is 0 Å². The number of ketones is 1. The first-order chi connectivity index (χ1) is 15.0. The quantitative estimate of drug-likeness (QED) is 0.236. The van der Waals surface area contributed by atoms with Crippen LogP contribution in [-0.4, -0.2) is 27.6 Å². The van der Waals surface area contributed by atoms with Gasteiger partial charge in [-0.3, -0.25) is 4.79 Å². The number of rotatable bonds is 7. The number of benzene rings is 3. The molecule has 0 atom stereocenters. The van der Waals surface area contributed by atoms with Crippen LogP contribution < -0.4 is 4.74 Å². The lowest BCUT2D eigenvalue weighted by Crippen LogP contribution is -2.18. The molecule has 0 saturated heterocycles. The van der Waals surface area contributed by atoms with Crippen molar-refractivity contribution in [3.05, 3.63) is 95.6 Å². The maximum absolute atomic E-state index is 13.1. The molecule has 0 fully saturated rings. The summed E-state index contributed by atoms with van der Waals surface area (Å²) in [6.45, 7) is 0.0344. The molecule has 156 valence electrons. The van der Waals surface area contributed by atoms with Crippen LogP contribution in [0.1, 0.15) is 21.7 Å². The van der Waals surface area contributed by atoms with E-state index in [9.17, 15) is 14.0 Å². The van der Waals surface area contributed by atoms with Gasteiger partial charge in [-0.05, 0) is 66.9 Å². The van der Waals surface area contributed by atoms with Crippen molar-refractivity contribution in [2.75, 3.05) is 6.26 Å². The van der Waals surface area contributed by atoms with Gasteiger partial charge in [0.2, 0.25) is 0 Å². The summed E-state index contributed by atoms with van der Waals surface area (Å²) in [5.41, 5.74) is 2.53. The molecule has 5 nitrogen and oxygen atoms in total. The Morgan fingerprint density at radius 1 is 0.968 bits per heavy atom. The molecule has 31 heavy (non-hydrogen) atoms. The predicted octanol–water partition coefficient (Wildman–Crippen LogP) is 4.88. The molecule has 0 bridgehead atoms. The van der Waals surface area contributed by atoms with Gasteiger partial charge in [-0.25, -0.2) is 14.2 Å². The molecule has 3 aromatic carbocycles. The van der Waals surface area contributed by atoms with Gasteiger partial charge in [0, 0.05) is 11.1 Å². The molecule has 1 heterocycles. The van der Waals surface area contributed by atoms with Crippen LogP contribution in [0.5, 0.6) is 5.75 Å². The minimum Gasteiger partial charge on any atom is -0.425 e. The summed E-state index contributed by atoms with van der Waals surface area (Å²) in [5, 5.41) is 0. The van der Waals surface area contributed by atoms with Crippen molar-refractivity contribution in [3.8, 4) is 5.75 Å². The first-order valence-electron chi connectivity index (χ1n) is 9.59.